The predicted molar refractivity (Wildman–Crippen MR) is 81.3 cm³/mol. The summed E-state index contributed by atoms with van der Waals surface area (Å²) in [5.41, 5.74) is 6.53. The number of aromatic nitrogens is 2. The molecule has 0 aliphatic carbocycles. The molecule has 0 spiro atoms. The number of rotatable bonds is 4. The molecule has 0 aliphatic heterocycles. The van der Waals surface area contributed by atoms with Gasteiger partial charge in [-0.3, -0.25) is 0 Å². The Labute approximate surface area is 122 Å². The summed E-state index contributed by atoms with van der Waals surface area (Å²) in [5.74, 6) is 1.61. The lowest BCUT2D eigenvalue weighted by Gasteiger charge is -2.10. The van der Waals surface area contributed by atoms with E-state index in [0.717, 1.165) is 22.1 Å². The van der Waals surface area contributed by atoms with Gasteiger partial charge in [0.2, 0.25) is 5.88 Å². The van der Waals surface area contributed by atoms with Gasteiger partial charge in [0.1, 0.15) is 18.2 Å². The zero-order chi connectivity index (χ0) is 14.7. The van der Waals surface area contributed by atoms with Gasteiger partial charge in [-0.25, -0.2) is 0 Å². The highest BCUT2D eigenvalue weighted by atomic mass is 16.5. The van der Waals surface area contributed by atoms with Gasteiger partial charge in [-0.1, -0.05) is 24.3 Å². The zero-order valence-corrected chi connectivity index (χ0v) is 11.6. The molecule has 1 heterocycles. The first-order chi connectivity index (χ1) is 10.3. The van der Waals surface area contributed by atoms with Crippen molar-refractivity contribution in [2.75, 3.05) is 12.8 Å². The van der Waals surface area contributed by atoms with Gasteiger partial charge in [-0.2, -0.15) is 0 Å². The summed E-state index contributed by atoms with van der Waals surface area (Å²) in [5, 5.41) is 9.89. The molecule has 3 aromatic rings. The van der Waals surface area contributed by atoms with Crippen LogP contribution in [0.4, 0.5) is 5.82 Å². The summed E-state index contributed by atoms with van der Waals surface area (Å²) in [7, 11) is 1.65. The molecule has 5 nitrogen and oxygen atoms in total. The van der Waals surface area contributed by atoms with Crippen molar-refractivity contribution in [3.05, 3.63) is 54.1 Å². The lowest BCUT2D eigenvalue weighted by atomic mass is 10.0. The van der Waals surface area contributed by atoms with Crippen LogP contribution in [0.3, 0.4) is 0 Å². The number of hydrogen-bond donors (Lipinski definition) is 1. The molecule has 0 fully saturated rings. The minimum Gasteiger partial charge on any atom is -0.497 e. The first-order valence-electron chi connectivity index (χ1n) is 6.54. The molecule has 3 rings (SSSR count). The van der Waals surface area contributed by atoms with Crippen molar-refractivity contribution in [3.63, 3.8) is 0 Å². The Kier molecular flexibility index (Phi) is 3.55. The van der Waals surface area contributed by atoms with E-state index in [0.29, 0.717) is 18.3 Å². The number of benzene rings is 2. The summed E-state index contributed by atoms with van der Waals surface area (Å²) in [6.07, 6.45) is 0. The molecule has 0 amide bonds. The Balaban J connectivity index is 1.90. The van der Waals surface area contributed by atoms with Crippen LogP contribution in [-0.2, 0) is 6.61 Å². The van der Waals surface area contributed by atoms with Crippen molar-refractivity contribution in [2.24, 2.45) is 0 Å². The number of nitrogens with two attached hydrogens (primary N) is 1. The molecule has 0 aliphatic rings. The lowest BCUT2D eigenvalue weighted by Crippen LogP contribution is -2.01. The quantitative estimate of drug-likeness (QED) is 0.796. The van der Waals surface area contributed by atoms with Crippen molar-refractivity contribution in [1.82, 2.24) is 10.2 Å². The fourth-order valence-electron chi connectivity index (χ4n) is 2.16. The average Bonchev–Trinajstić information content (AvgIpc) is 2.53. The van der Waals surface area contributed by atoms with E-state index in [4.69, 9.17) is 15.2 Å². The molecular weight excluding hydrogens is 266 g/mol. The topological polar surface area (TPSA) is 70.3 Å². The second-order valence-corrected chi connectivity index (χ2v) is 4.59. The van der Waals surface area contributed by atoms with Crippen molar-refractivity contribution >= 4 is 16.6 Å². The van der Waals surface area contributed by atoms with Gasteiger partial charge >= 0.3 is 0 Å². The number of anilines is 1. The van der Waals surface area contributed by atoms with Crippen LogP contribution in [0.5, 0.6) is 11.6 Å². The fourth-order valence-corrected chi connectivity index (χ4v) is 2.16. The number of fused-ring (bicyclic) bond motifs is 1. The van der Waals surface area contributed by atoms with Gasteiger partial charge in [0.25, 0.3) is 0 Å². The van der Waals surface area contributed by atoms with Crippen LogP contribution in [0, 0.1) is 0 Å². The van der Waals surface area contributed by atoms with E-state index in [1.54, 1.807) is 19.2 Å². The van der Waals surface area contributed by atoms with Gasteiger partial charge in [0.15, 0.2) is 0 Å². The Bertz CT molecular complexity index is 757. The molecule has 0 atom stereocenters. The maximum Gasteiger partial charge on any atom is 0.233 e. The lowest BCUT2D eigenvalue weighted by molar-refractivity contribution is 0.291. The minimum absolute atomic E-state index is 0.370. The minimum atomic E-state index is 0.370. The Morgan fingerprint density at radius 2 is 1.90 bits per heavy atom. The number of nitrogen functional groups attached to an aromatic ring is 1. The molecule has 0 saturated heterocycles. The highest BCUT2D eigenvalue weighted by Gasteiger charge is 2.06. The third-order valence-electron chi connectivity index (χ3n) is 3.19. The van der Waals surface area contributed by atoms with Crippen molar-refractivity contribution in [3.8, 4) is 11.6 Å². The fraction of sp³-hybridized carbons (Fsp3) is 0.125. The molecule has 2 aromatic carbocycles. The summed E-state index contributed by atoms with van der Waals surface area (Å²) < 4.78 is 11.0. The Hall–Kier alpha value is -2.82. The smallest absolute Gasteiger partial charge is 0.233 e. The second kappa shape index (κ2) is 5.66. The first kappa shape index (κ1) is 13.2. The third kappa shape index (κ3) is 2.86. The number of nitrogens with zero attached hydrogens (tertiary/aromatic N) is 2. The summed E-state index contributed by atoms with van der Waals surface area (Å²) >= 11 is 0. The standard InChI is InChI=1S/C16H15N3O2/c1-20-13-8-11-4-2-3-5-14(11)12(9-13)10-21-16-7-6-15(17)18-19-16/h2-9H,10H2,1H3,(H2,17,18). The zero-order valence-electron chi connectivity index (χ0n) is 11.6. The monoisotopic (exact) mass is 281 g/mol. The predicted octanol–water partition coefficient (Wildman–Crippen LogP) is 2.80. The molecule has 21 heavy (non-hydrogen) atoms. The van der Waals surface area contributed by atoms with Crippen molar-refractivity contribution in [1.29, 1.82) is 0 Å². The van der Waals surface area contributed by atoms with E-state index in [2.05, 4.69) is 16.3 Å². The van der Waals surface area contributed by atoms with Gasteiger partial charge in [-0.15, -0.1) is 10.2 Å². The maximum atomic E-state index is 5.67. The number of methoxy groups -OCH3 is 1. The van der Waals surface area contributed by atoms with Crippen LogP contribution in [0.15, 0.2) is 48.5 Å². The third-order valence-corrected chi connectivity index (χ3v) is 3.19. The van der Waals surface area contributed by atoms with E-state index >= 15 is 0 Å². The second-order valence-electron chi connectivity index (χ2n) is 4.59. The molecule has 5 heteroatoms. The largest absolute Gasteiger partial charge is 0.497 e. The Morgan fingerprint density at radius 1 is 1.05 bits per heavy atom. The molecule has 2 N–H and O–H groups in total. The summed E-state index contributed by atoms with van der Waals surface area (Å²) in [6.45, 7) is 0.385. The van der Waals surface area contributed by atoms with E-state index in [1.807, 2.05) is 30.3 Å². The van der Waals surface area contributed by atoms with E-state index in [1.165, 1.54) is 0 Å². The Morgan fingerprint density at radius 3 is 2.67 bits per heavy atom. The molecule has 0 bridgehead atoms. The van der Waals surface area contributed by atoms with Gasteiger partial charge in [0, 0.05) is 11.6 Å². The normalized spacial score (nSPS) is 10.5. The van der Waals surface area contributed by atoms with Gasteiger partial charge < -0.3 is 15.2 Å². The van der Waals surface area contributed by atoms with Crippen LogP contribution < -0.4 is 15.2 Å². The summed E-state index contributed by atoms with van der Waals surface area (Å²) in [6, 6.07) is 15.4. The van der Waals surface area contributed by atoms with Gasteiger partial charge in [-0.05, 0) is 29.0 Å². The molecule has 0 unspecified atom stereocenters. The van der Waals surface area contributed by atoms with Crippen LogP contribution in [0.25, 0.3) is 10.8 Å². The average molecular weight is 281 g/mol. The molecule has 0 radical (unpaired) electrons. The highest BCUT2D eigenvalue weighted by molar-refractivity contribution is 5.87. The molecule has 0 saturated carbocycles. The summed E-state index contributed by atoms with van der Waals surface area (Å²) in [4.78, 5) is 0. The SMILES string of the molecule is COc1cc(COc2ccc(N)nn2)c2ccccc2c1. The van der Waals surface area contributed by atoms with Crippen LogP contribution >= 0.6 is 0 Å². The highest BCUT2D eigenvalue weighted by Crippen LogP contribution is 2.26. The number of ether oxygens (including phenoxy) is 2. The molecular formula is C16H15N3O2. The van der Waals surface area contributed by atoms with Crippen LogP contribution in [-0.4, -0.2) is 17.3 Å². The van der Waals surface area contributed by atoms with Crippen LogP contribution in [0.2, 0.25) is 0 Å². The van der Waals surface area contributed by atoms with E-state index in [-0.39, 0.29) is 0 Å². The molecule has 1 aromatic heterocycles. The van der Waals surface area contributed by atoms with Gasteiger partial charge in [0.05, 0.1) is 7.11 Å². The molecule has 106 valence electrons. The maximum absolute atomic E-state index is 5.67. The van der Waals surface area contributed by atoms with Crippen LogP contribution in [0.1, 0.15) is 5.56 Å². The van der Waals surface area contributed by atoms with E-state index in [9.17, 15) is 0 Å². The van der Waals surface area contributed by atoms with E-state index < -0.39 is 0 Å². The van der Waals surface area contributed by atoms with Crippen molar-refractivity contribution in [2.45, 2.75) is 6.61 Å². The van der Waals surface area contributed by atoms with Crippen molar-refractivity contribution < 1.29 is 9.47 Å². The first-order valence-corrected chi connectivity index (χ1v) is 6.54. The number of hydrogen-bond acceptors (Lipinski definition) is 5.